The van der Waals surface area contributed by atoms with Crippen molar-refractivity contribution >= 4 is 5.69 Å². The van der Waals surface area contributed by atoms with Gasteiger partial charge in [-0.15, -0.1) is 0 Å². The molecule has 1 atom stereocenters. The molecule has 1 N–H and O–H groups in total. The van der Waals surface area contributed by atoms with E-state index in [1.807, 2.05) is 12.1 Å². The smallest absolute Gasteiger partial charge is 0.142 e. The van der Waals surface area contributed by atoms with Crippen molar-refractivity contribution in [3.05, 3.63) is 23.8 Å². The Morgan fingerprint density at radius 3 is 3.00 bits per heavy atom. The highest BCUT2D eigenvalue weighted by atomic mass is 16.5. The van der Waals surface area contributed by atoms with Crippen molar-refractivity contribution in [1.29, 1.82) is 0 Å². The number of para-hydroxylation sites is 1. The maximum atomic E-state index is 5.31. The monoisotopic (exact) mass is 207 g/mol. The third kappa shape index (κ3) is 2.07. The molecule has 15 heavy (non-hydrogen) atoms. The van der Waals surface area contributed by atoms with E-state index in [1.165, 1.54) is 5.56 Å². The summed E-state index contributed by atoms with van der Waals surface area (Å²) in [4.78, 5) is 0. The Hall–Kier alpha value is -1.22. The highest BCUT2D eigenvalue weighted by molar-refractivity contribution is 5.63. The average Bonchev–Trinajstić information content (AvgIpc) is 2.28. The van der Waals surface area contributed by atoms with Gasteiger partial charge in [0.25, 0.3) is 0 Å². The molecule has 0 saturated carbocycles. The van der Waals surface area contributed by atoms with Gasteiger partial charge in [-0.25, -0.2) is 0 Å². The van der Waals surface area contributed by atoms with Gasteiger partial charge >= 0.3 is 0 Å². The molecule has 1 heterocycles. The van der Waals surface area contributed by atoms with E-state index in [9.17, 15) is 0 Å². The van der Waals surface area contributed by atoms with E-state index < -0.39 is 0 Å². The van der Waals surface area contributed by atoms with Crippen LogP contribution in [0.2, 0.25) is 0 Å². The zero-order chi connectivity index (χ0) is 10.7. The fourth-order valence-corrected chi connectivity index (χ4v) is 2.10. The van der Waals surface area contributed by atoms with Crippen LogP contribution in [0.4, 0.5) is 5.69 Å². The molecule has 0 aromatic heterocycles. The van der Waals surface area contributed by atoms with E-state index in [2.05, 4.69) is 11.4 Å². The first-order valence-electron chi connectivity index (χ1n) is 5.24. The molecule has 1 aromatic rings. The SMILES string of the molecule is COCC1CNc2c(cccc2OC)C1. The van der Waals surface area contributed by atoms with E-state index in [-0.39, 0.29) is 0 Å². The number of hydrogen-bond acceptors (Lipinski definition) is 3. The molecule has 82 valence electrons. The number of nitrogens with one attached hydrogen (secondary N) is 1. The number of methoxy groups -OCH3 is 2. The van der Waals surface area contributed by atoms with Crippen LogP contribution in [0.1, 0.15) is 5.56 Å². The van der Waals surface area contributed by atoms with Crippen molar-refractivity contribution in [3.63, 3.8) is 0 Å². The Morgan fingerprint density at radius 1 is 1.40 bits per heavy atom. The second kappa shape index (κ2) is 4.53. The second-order valence-corrected chi connectivity index (χ2v) is 3.90. The van der Waals surface area contributed by atoms with Gasteiger partial charge in [-0.2, -0.15) is 0 Å². The quantitative estimate of drug-likeness (QED) is 0.821. The first-order chi connectivity index (χ1) is 7.35. The van der Waals surface area contributed by atoms with Crippen LogP contribution in [-0.2, 0) is 11.2 Å². The van der Waals surface area contributed by atoms with E-state index in [0.29, 0.717) is 5.92 Å². The Labute approximate surface area is 90.4 Å². The molecule has 1 aromatic carbocycles. The van der Waals surface area contributed by atoms with Crippen LogP contribution in [0.25, 0.3) is 0 Å². The fraction of sp³-hybridized carbons (Fsp3) is 0.500. The van der Waals surface area contributed by atoms with Gasteiger partial charge < -0.3 is 14.8 Å². The fourth-order valence-electron chi connectivity index (χ4n) is 2.10. The number of hydrogen-bond donors (Lipinski definition) is 1. The topological polar surface area (TPSA) is 30.5 Å². The minimum absolute atomic E-state index is 0.564. The first kappa shape index (κ1) is 10.3. The molecular formula is C12H17NO2. The molecule has 1 unspecified atom stereocenters. The van der Waals surface area contributed by atoms with Crippen LogP contribution in [0.3, 0.4) is 0 Å². The van der Waals surface area contributed by atoms with Gasteiger partial charge in [0, 0.05) is 19.6 Å². The number of anilines is 1. The van der Waals surface area contributed by atoms with Gasteiger partial charge in [-0.3, -0.25) is 0 Å². The minimum Gasteiger partial charge on any atom is -0.495 e. The summed E-state index contributed by atoms with van der Waals surface area (Å²) in [5, 5.41) is 3.41. The van der Waals surface area contributed by atoms with Crippen LogP contribution in [0.5, 0.6) is 5.75 Å². The summed E-state index contributed by atoms with van der Waals surface area (Å²) in [5.74, 6) is 1.50. The molecule has 0 saturated heterocycles. The van der Waals surface area contributed by atoms with Crippen molar-refractivity contribution < 1.29 is 9.47 Å². The van der Waals surface area contributed by atoms with Gasteiger partial charge in [-0.05, 0) is 18.1 Å². The lowest BCUT2D eigenvalue weighted by Gasteiger charge is -2.26. The molecule has 0 radical (unpaired) electrons. The summed E-state index contributed by atoms with van der Waals surface area (Å²) in [6.07, 6.45) is 1.06. The van der Waals surface area contributed by atoms with Gasteiger partial charge in [0.05, 0.1) is 19.4 Å². The molecule has 0 fully saturated rings. The Kier molecular flexibility index (Phi) is 3.11. The van der Waals surface area contributed by atoms with E-state index >= 15 is 0 Å². The maximum Gasteiger partial charge on any atom is 0.142 e. The highest BCUT2D eigenvalue weighted by Crippen LogP contribution is 2.33. The van der Waals surface area contributed by atoms with Gasteiger partial charge in [-0.1, -0.05) is 12.1 Å². The van der Waals surface area contributed by atoms with Crippen molar-refractivity contribution in [2.75, 3.05) is 32.7 Å². The van der Waals surface area contributed by atoms with Gasteiger partial charge in [0.2, 0.25) is 0 Å². The second-order valence-electron chi connectivity index (χ2n) is 3.90. The maximum absolute atomic E-state index is 5.31. The molecule has 1 aliphatic heterocycles. The third-order valence-electron chi connectivity index (χ3n) is 2.81. The summed E-state index contributed by atoms with van der Waals surface area (Å²) < 4.78 is 10.5. The number of rotatable bonds is 3. The van der Waals surface area contributed by atoms with Gasteiger partial charge in [0.15, 0.2) is 0 Å². The predicted molar refractivity (Wildman–Crippen MR) is 60.6 cm³/mol. The minimum atomic E-state index is 0.564. The normalized spacial score (nSPS) is 19.2. The lowest BCUT2D eigenvalue weighted by atomic mass is 9.94. The summed E-state index contributed by atoms with van der Waals surface area (Å²) in [5.41, 5.74) is 2.47. The summed E-state index contributed by atoms with van der Waals surface area (Å²) in [6, 6.07) is 6.17. The number of ether oxygens (including phenoxy) is 2. The first-order valence-corrected chi connectivity index (χ1v) is 5.24. The van der Waals surface area contributed by atoms with E-state index in [4.69, 9.17) is 9.47 Å². The zero-order valence-electron chi connectivity index (χ0n) is 9.25. The lowest BCUT2D eigenvalue weighted by molar-refractivity contribution is 0.155. The van der Waals surface area contributed by atoms with Crippen molar-refractivity contribution in [3.8, 4) is 5.75 Å². The summed E-state index contributed by atoms with van der Waals surface area (Å²) in [6.45, 7) is 1.77. The lowest BCUT2D eigenvalue weighted by Crippen LogP contribution is -2.26. The van der Waals surface area contributed by atoms with Crippen molar-refractivity contribution in [2.24, 2.45) is 5.92 Å². The summed E-state index contributed by atoms with van der Waals surface area (Å²) >= 11 is 0. The van der Waals surface area contributed by atoms with Crippen LogP contribution < -0.4 is 10.1 Å². The van der Waals surface area contributed by atoms with Crippen LogP contribution in [-0.4, -0.2) is 27.4 Å². The van der Waals surface area contributed by atoms with Crippen LogP contribution >= 0.6 is 0 Å². The van der Waals surface area contributed by atoms with Crippen LogP contribution in [0, 0.1) is 5.92 Å². The van der Waals surface area contributed by atoms with E-state index in [1.54, 1.807) is 14.2 Å². The molecule has 0 spiro atoms. The summed E-state index contributed by atoms with van der Waals surface area (Å²) in [7, 11) is 3.46. The molecule has 3 heteroatoms. The standard InChI is InChI=1S/C12H17NO2/c1-14-8-9-6-10-4-3-5-11(15-2)12(10)13-7-9/h3-5,9,13H,6-8H2,1-2H3. The molecule has 0 bridgehead atoms. The molecule has 3 nitrogen and oxygen atoms in total. The molecule has 0 amide bonds. The molecule has 1 aliphatic rings. The molecule has 0 aliphatic carbocycles. The Balaban J connectivity index is 2.20. The Bertz CT molecular complexity index is 338. The van der Waals surface area contributed by atoms with Crippen molar-refractivity contribution in [1.82, 2.24) is 0 Å². The zero-order valence-corrected chi connectivity index (χ0v) is 9.25. The van der Waals surface area contributed by atoms with E-state index in [0.717, 1.165) is 31.0 Å². The predicted octanol–water partition coefficient (Wildman–Crippen LogP) is 1.93. The van der Waals surface area contributed by atoms with Crippen LogP contribution in [0.15, 0.2) is 18.2 Å². The average molecular weight is 207 g/mol. The largest absolute Gasteiger partial charge is 0.495 e. The number of fused-ring (bicyclic) bond motifs is 1. The van der Waals surface area contributed by atoms with Gasteiger partial charge in [0.1, 0.15) is 5.75 Å². The molecular weight excluding hydrogens is 190 g/mol. The van der Waals surface area contributed by atoms with Crippen molar-refractivity contribution in [2.45, 2.75) is 6.42 Å². The highest BCUT2D eigenvalue weighted by Gasteiger charge is 2.20. The Morgan fingerprint density at radius 2 is 2.27 bits per heavy atom. The molecule has 2 rings (SSSR count). The number of benzene rings is 1. The third-order valence-corrected chi connectivity index (χ3v) is 2.81.